The molecule has 5 nitrogen and oxygen atoms in total. The Bertz CT molecular complexity index is 1070. The molecule has 2 aromatic rings. The number of carbonyl (C=O) groups is 3. The lowest BCUT2D eigenvalue weighted by Crippen LogP contribution is -2.49. The van der Waals surface area contributed by atoms with Gasteiger partial charge in [-0.15, -0.1) is 0 Å². The maximum atomic E-state index is 14.3. The van der Waals surface area contributed by atoms with Crippen molar-refractivity contribution in [3.8, 4) is 0 Å². The predicted octanol–water partition coefficient (Wildman–Crippen LogP) is 4.25. The van der Waals surface area contributed by atoms with E-state index in [-0.39, 0.29) is 22.4 Å². The molecule has 2 heterocycles. The summed E-state index contributed by atoms with van der Waals surface area (Å²) in [5.74, 6) is -3.45. The first-order chi connectivity index (χ1) is 14.0. The number of hydrogen-bond acceptors (Lipinski definition) is 5. The SMILES string of the molecule is C=C1OC(=O)c2ccc(C(c3ccc4c(c3)C(=O)OC4=O)(C(F)F)C(F)(F)F)cc21. The molecule has 0 aliphatic carbocycles. The maximum absolute atomic E-state index is 14.3. The monoisotopic (exact) mass is 424 g/mol. The van der Waals surface area contributed by atoms with Crippen LogP contribution in [0.2, 0.25) is 0 Å². The van der Waals surface area contributed by atoms with Gasteiger partial charge in [-0.25, -0.2) is 23.2 Å². The first kappa shape index (κ1) is 19.7. The standard InChI is InChI=1S/C20H9F5O5/c1-8-13-6-9(2-4-11(13)15(26)29-8)19(18(21)22,20(23,24)25)10-3-5-12-14(7-10)17(28)30-16(12)27/h2-7,18H,1H2. The Hall–Kier alpha value is -3.56. The average Bonchev–Trinajstić information content (AvgIpc) is 3.09. The van der Waals surface area contributed by atoms with Gasteiger partial charge in [0.05, 0.1) is 16.7 Å². The summed E-state index contributed by atoms with van der Waals surface area (Å²) in [4.78, 5) is 35.0. The summed E-state index contributed by atoms with van der Waals surface area (Å²) in [6.45, 7) is 3.40. The van der Waals surface area contributed by atoms with Gasteiger partial charge in [0, 0.05) is 5.56 Å². The van der Waals surface area contributed by atoms with Crippen LogP contribution in [-0.2, 0) is 14.9 Å². The third-order valence-electron chi connectivity index (χ3n) is 5.09. The van der Waals surface area contributed by atoms with E-state index in [1.807, 2.05) is 0 Å². The number of rotatable bonds is 3. The van der Waals surface area contributed by atoms with Gasteiger partial charge in [0.1, 0.15) is 5.76 Å². The normalized spacial score (nSPS) is 17.5. The molecule has 0 spiro atoms. The predicted molar refractivity (Wildman–Crippen MR) is 89.9 cm³/mol. The molecule has 10 heteroatoms. The van der Waals surface area contributed by atoms with Crippen LogP contribution in [0.25, 0.3) is 5.76 Å². The molecule has 0 amide bonds. The lowest BCUT2D eigenvalue weighted by atomic mass is 9.72. The number of ether oxygens (including phenoxy) is 2. The first-order valence-electron chi connectivity index (χ1n) is 8.30. The molecule has 1 atom stereocenters. The second-order valence-electron chi connectivity index (χ2n) is 6.62. The lowest BCUT2D eigenvalue weighted by Gasteiger charge is -2.36. The summed E-state index contributed by atoms with van der Waals surface area (Å²) in [7, 11) is 0. The Morgan fingerprint density at radius 3 is 1.73 bits per heavy atom. The van der Waals surface area contributed by atoms with Crippen molar-refractivity contribution < 1.29 is 45.8 Å². The number of benzene rings is 2. The largest absolute Gasteiger partial charge is 0.423 e. The van der Waals surface area contributed by atoms with Crippen molar-refractivity contribution in [2.24, 2.45) is 0 Å². The van der Waals surface area contributed by atoms with Gasteiger partial charge in [0.2, 0.25) is 0 Å². The second kappa shape index (κ2) is 6.22. The summed E-state index contributed by atoms with van der Waals surface area (Å²) in [6, 6.07) is 4.56. The third-order valence-corrected chi connectivity index (χ3v) is 5.09. The molecule has 0 bridgehead atoms. The number of hydrogen-bond donors (Lipinski definition) is 0. The smallest absolute Gasteiger partial charge is 0.407 e. The fourth-order valence-corrected chi connectivity index (χ4v) is 3.62. The van der Waals surface area contributed by atoms with Crippen LogP contribution >= 0.6 is 0 Å². The van der Waals surface area contributed by atoms with Crippen LogP contribution in [-0.4, -0.2) is 30.5 Å². The van der Waals surface area contributed by atoms with Crippen LogP contribution in [0.15, 0.2) is 43.0 Å². The summed E-state index contributed by atoms with van der Waals surface area (Å²) in [6.07, 6.45) is -9.53. The van der Waals surface area contributed by atoms with Gasteiger partial charge < -0.3 is 9.47 Å². The molecule has 4 rings (SSSR count). The highest BCUT2D eigenvalue weighted by Gasteiger charge is 2.64. The molecule has 2 aliphatic rings. The van der Waals surface area contributed by atoms with Crippen molar-refractivity contribution in [2.45, 2.75) is 18.0 Å². The Balaban J connectivity index is 2.02. The summed E-state index contributed by atoms with van der Waals surface area (Å²) in [5, 5.41) is 0. The van der Waals surface area contributed by atoms with Crippen molar-refractivity contribution in [1.29, 1.82) is 0 Å². The molecule has 0 saturated carbocycles. The summed E-state index contributed by atoms with van der Waals surface area (Å²) in [5.41, 5.74) is -6.85. The number of esters is 3. The average molecular weight is 424 g/mol. The van der Waals surface area contributed by atoms with E-state index >= 15 is 0 Å². The van der Waals surface area contributed by atoms with Gasteiger partial charge in [-0.2, -0.15) is 13.2 Å². The number of halogens is 5. The molecule has 0 N–H and O–H groups in total. The number of cyclic esters (lactones) is 3. The molecule has 2 aromatic carbocycles. The fraction of sp³-hybridized carbons (Fsp3) is 0.150. The zero-order valence-electron chi connectivity index (χ0n) is 14.7. The van der Waals surface area contributed by atoms with Gasteiger partial charge in [-0.05, 0) is 35.4 Å². The number of fused-ring (bicyclic) bond motifs is 2. The molecule has 0 fully saturated rings. The minimum absolute atomic E-state index is 0.114. The topological polar surface area (TPSA) is 69.7 Å². The second-order valence-corrected chi connectivity index (χ2v) is 6.62. The number of carbonyl (C=O) groups excluding carboxylic acids is 3. The molecule has 2 aliphatic heterocycles. The van der Waals surface area contributed by atoms with Crippen LogP contribution in [0.1, 0.15) is 47.8 Å². The van der Waals surface area contributed by atoms with Crippen molar-refractivity contribution in [2.75, 3.05) is 0 Å². The van der Waals surface area contributed by atoms with Crippen molar-refractivity contribution in [3.63, 3.8) is 0 Å². The Morgan fingerprint density at radius 2 is 1.20 bits per heavy atom. The highest BCUT2D eigenvalue weighted by Crippen LogP contribution is 2.52. The molecule has 1 unspecified atom stereocenters. The Morgan fingerprint density at radius 1 is 0.733 bits per heavy atom. The van der Waals surface area contributed by atoms with E-state index in [0.717, 1.165) is 24.3 Å². The lowest BCUT2D eigenvalue weighted by molar-refractivity contribution is -0.211. The van der Waals surface area contributed by atoms with E-state index in [2.05, 4.69) is 11.3 Å². The molecule has 0 aromatic heterocycles. The molecule has 0 radical (unpaired) electrons. The van der Waals surface area contributed by atoms with E-state index < -0.39 is 52.6 Å². The van der Waals surface area contributed by atoms with Crippen molar-refractivity contribution in [1.82, 2.24) is 0 Å². The van der Waals surface area contributed by atoms with E-state index in [4.69, 9.17) is 4.74 Å². The molecule has 0 saturated heterocycles. The van der Waals surface area contributed by atoms with Crippen LogP contribution in [0.5, 0.6) is 0 Å². The van der Waals surface area contributed by atoms with Crippen LogP contribution in [0.3, 0.4) is 0 Å². The third kappa shape index (κ3) is 2.49. The minimum Gasteiger partial charge on any atom is -0.423 e. The Labute approximate surface area is 164 Å². The van der Waals surface area contributed by atoms with E-state index in [1.165, 1.54) is 0 Å². The molecule has 30 heavy (non-hydrogen) atoms. The quantitative estimate of drug-likeness (QED) is 0.419. The van der Waals surface area contributed by atoms with Crippen LogP contribution < -0.4 is 0 Å². The van der Waals surface area contributed by atoms with E-state index in [1.54, 1.807) is 0 Å². The zero-order chi connectivity index (χ0) is 22.0. The van der Waals surface area contributed by atoms with Crippen molar-refractivity contribution in [3.05, 3.63) is 76.4 Å². The van der Waals surface area contributed by atoms with Gasteiger partial charge in [0.15, 0.2) is 5.41 Å². The molecular formula is C20H9F5O5. The molecule has 154 valence electrons. The Kier molecular flexibility index (Phi) is 4.09. The van der Waals surface area contributed by atoms with Gasteiger partial charge in [-0.1, -0.05) is 18.7 Å². The first-order valence-corrected chi connectivity index (χ1v) is 8.30. The van der Waals surface area contributed by atoms with E-state index in [9.17, 15) is 36.3 Å². The van der Waals surface area contributed by atoms with E-state index in [0.29, 0.717) is 12.1 Å². The minimum atomic E-state index is -5.53. The fourth-order valence-electron chi connectivity index (χ4n) is 3.62. The van der Waals surface area contributed by atoms with Gasteiger partial charge >= 0.3 is 24.1 Å². The van der Waals surface area contributed by atoms with Crippen LogP contribution in [0.4, 0.5) is 22.0 Å². The summed E-state index contributed by atoms with van der Waals surface area (Å²) < 4.78 is 80.4. The van der Waals surface area contributed by atoms with Crippen molar-refractivity contribution >= 4 is 23.7 Å². The zero-order valence-corrected chi connectivity index (χ0v) is 14.7. The molecular weight excluding hydrogens is 415 g/mol. The van der Waals surface area contributed by atoms with Gasteiger partial charge in [-0.3, -0.25) is 0 Å². The highest BCUT2D eigenvalue weighted by molar-refractivity contribution is 6.14. The van der Waals surface area contributed by atoms with Crippen LogP contribution in [0, 0.1) is 0 Å². The summed E-state index contributed by atoms with van der Waals surface area (Å²) >= 11 is 0. The highest BCUT2D eigenvalue weighted by atomic mass is 19.4. The number of alkyl halides is 5. The maximum Gasteiger partial charge on any atom is 0.407 e. The van der Waals surface area contributed by atoms with Gasteiger partial charge in [0.25, 0.3) is 6.43 Å².